The van der Waals surface area contributed by atoms with Crippen molar-refractivity contribution in [3.05, 3.63) is 0 Å². The van der Waals surface area contributed by atoms with Crippen LogP contribution >= 0.6 is 0 Å². The van der Waals surface area contributed by atoms with E-state index in [4.69, 9.17) is 14.2 Å². The van der Waals surface area contributed by atoms with Gasteiger partial charge in [0.15, 0.2) is 5.78 Å². The van der Waals surface area contributed by atoms with Gasteiger partial charge in [-0.15, -0.1) is 0 Å². The third kappa shape index (κ3) is 7.88. The fourth-order valence-corrected chi connectivity index (χ4v) is 1.27. The Hall–Kier alpha value is -0.940. The first-order valence-electron chi connectivity index (χ1n) is 5.56. The molecule has 0 saturated heterocycles. The topological polar surface area (TPSA) is 61.8 Å². The summed E-state index contributed by atoms with van der Waals surface area (Å²) in [5.41, 5.74) is -0.577. The molecule has 0 heterocycles. The van der Waals surface area contributed by atoms with Crippen LogP contribution in [0.25, 0.3) is 0 Å². The van der Waals surface area contributed by atoms with Crippen LogP contribution in [0.15, 0.2) is 0 Å². The lowest BCUT2D eigenvalue weighted by atomic mass is 10.1. The van der Waals surface area contributed by atoms with Gasteiger partial charge in [-0.2, -0.15) is 0 Å². The highest BCUT2D eigenvalue weighted by molar-refractivity contribution is 5.98. The fourth-order valence-electron chi connectivity index (χ4n) is 1.27. The molecule has 0 bridgehead atoms. The maximum absolute atomic E-state index is 11.7. The summed E-state index contributed by atoms with van der Waals surface area (Å²) < 4.78 is 14.9. The molecule has 0 saturated carbocycles. The van der Waals surface area contributed by atoms with Crippen LogP contribution in [0, 0.1) is 0 Å². The number of hydrogen-bond acceptors (Lipinski definition) is 5. The molecule has 17 heavy (non-hydrogen) atoms. The van der Waals surface area contributed by atoms with Gasteiger partial charge in [0.05, 0.1) is 0 Å². The molecule has 0 N–H and O–H groups in total. The molecule has 0 unspecified atom stereocenters. The molecule has 1 atom stereocenters. The smallest absolute Gasteiger partial charge is 0.313 e. The molecule has 0 aliphatic heterocycles. The van der Waals surface area contributed by atoms with Gasteiger partial charge in [0.25, 0.3) is 0 Å². The van der Waals surface area contributed by atoms with E-state index < -0.39 is 17.7 Å². The van der Waals surface area contributed by atoms with Crippen LogP contribution in [-0.4, -0.2) is 44.3 Å². The minimum absolute atomic E-state index is 0.264. The lowest BCUT2D eigenvalue weighted by Crippen LogP contribution is -2.30. The molecule has 0 amide bonds. The number of ketones is 1. The van der Waals surface area contributed by atoms with Crippen LogP contribution in [-0.2, 0) is 23.8 Å². The van der Waals surface area contributed by atoms with Crippen molar-refractivity contribution in [2.45, 2.75) is 45.3 Å². The van der Waals surface area contributed by atoms with Gasteiger partial charge in [0.2, 0.25) is 0 Å². The van der Waals surface area contributed by atoms with Crippen LogP contribution in [0.3, 0.4) is 0 Å². The average molecular weight is 246 g/mol. The SMILES string of the molecule is COCC[C@H](OC)C(=O)CC(=O)OC(C)(C)C. The van der Waals surface area contributed by atoms with E-state index in [0.29, 0.717) is 13.0 Å². The largest absolute Gasteiger partial charge is 0.460 e. The Kier molecular flexibility index (Phi) is 6.99. The summed E-state index contributed by atoms with van der Waals surface area (Å²) in [6, 6.07) is 0. The summed E-state index contributed by atoms with van der Waals surface area (Å²) >= 11 is 0. The second-order valence-electron chi connectivity index (χ2n) is 4.74. The van der Waals surface area contributed by atoms with Crippen molar-refractivity contribution in [1.29, 1.82) is 0 Å². The van der Waals surface area contributed by atoms with Crippen LogP contribution in [0.1, 0.15) is 33.6 Å². The Balaban J connectivity index is 4.17. The average Bonchev–Trinajstić information content (AvgIpc) is 2.15. The van der Waals surface area contributed by atoms with E-state index in [1.165, 1.54) is 7.11 Å². The van der Waals surface area contributed by atoms with E-state index in [2.05, 4.69) is 0 Å². The normalized spacial score (nSPS) is 13.2. The molecule has 0 fully saturated rings. The quantitative estimate of drug-likeness (QED) is 0.501. The number of esters is 1. The Labute approximate surface area is 102 Å². The summed E-state index contributed by atoms with van der Waals surface area (Å²) in [4.78, 5) is 23.1. The molecule has 0 aliphatic rings. The van der Waals surface area contributed by atoms with Crippen molar-refractivity contribution >= 4 is 11.8 Å². The highest BCUT2D eigenvalue weighted by Gasteiger charge is 2.24. The third-order valence-corrected chi connectivity index (χ3v) is 1.97. The monoisotopic (exact) mass is 246 g/mol. The van der Waals surface area contributed by atoms with E-state index in [1.54, 1.807) is 27.9 Å². The van der Waals surface area contributed by atoms with Gasteiger partial charge < -0.3 is 14.2 Å². The third-order valence-electron chi connectivity index (χ3n) is 1.97. The van der Waals surface area contributed by atoms with Crippen molar-refractivity contribution in [2.24, 2.45) is 0 Å². The van der Waals surface area contributed by atoms with Crippen molar-refractivity contribution in [3.8, 4) is 0 Å². The van der Waals surface area contributed by atoms with Gasteiger partial charge in [-0.05, 0) is 20.8 Å². The van der Waals surface area contributed by atoms with Crippen molar-refractivity contribution in [1.82, 2.24) is 0 Å². The Morgan fingerprint density at radius 1 is 1.18 bits per heavy atom. The van der Waals surface area contributed by atoms with E-state index in [1.807, 2.05) is 0 Å². The van der Waals surface area contributed by atoms with Gasteiger partial charge in [-0.3, -0.25) is 9.59 Å². The number of carbonyl (C=O) groups excluding carboxylic acids is 2. The maximum Gasteiger partial charge on any atom is 0.313 e. The van der Waals surface area contributed by atoms with Crippen LogP contribution < -0.4 is 0 Å². The highest BCUT2D eigenvalue weighted by Crippen LogP contribution is 2.10. The predicted molar refractivity (Wildman–Crippen MR) is 62.8 cm³/mol. The van der Waals surface area contributed by atoms with E-state index in [0.717, 1.165) is 0 Å². The summed E-state index contributed by atoms with van der Waals surface area (Å²) in [7, 11) is 2.98. The minimum Gasteiger partial charge on any atom is -0.460 e. The van der Waals surface area contributed by atoms with Crippen LogP contribution in [0.5, 0.6) is 0 Å². The van der Waals surface area contributed by atoms with Crippen molar-refractivity contribution < 1.29 is 23.8 Å². The zero-order valence-corrected chi connectivity index (χ0v) is 11.2. The number of Topliss-reactive ketones (excluding diaryl/α,β-unsaturated/α-hetero) is 1. The van der Waals surface area contributed by atoms with Gasteiger partial charge in [0, 0.05) is 27.2 Å². The first-order valence-corrected chi connectivity index (χ1v) is 5.56. The summed E-state index contributed by atoms with van der Waals surface area (Å²) in [5.74, 6) is -0.805. The predicted octanol–water partition coefficient (Wildman–Crippen LogP) is 1.34. The van der Waals surface area contributed by atoms with Gasteiger partial charge in [0.1, 0.15) is 18.1 Å². The lowest BCUT2D eigenvalue weighted by molar-refractivity contribution is -0.157. The van der Waals surface area contributed by atoms with Crippen molar-refractivity contribution in [3.63, 3.8) is 0 Å². The van der Waals surface area contributed by atoms with Gasteiger partial charge >= 0.3 is 5.97 Å². The molecule has 5 nitrogen and oxygen atoms in total. The zero-order chi connectivity index (χ0) is 13.5. The number of carbonyl (C=O) groups is 2. The fraction of sp³-hybridized carbons (Fsp3) is 0.833. The maximum atomic E-state index is 11.7. The highest BCUT2D eigenvalue weighted by atomic mass is 16.6. The van der Waals surface area contributed by atoms with Gasteiger partial charge in [-0.25, -0.2) is 0 Å². The number of methoxy groups -OCH3 is 2. The summed E-state index contributed by atoms with van der Waals surface area (Å²) in [5, 5.41) is 0. The molecule has 0 spiro atoms. The summed E-state index contributed by atoms with van der Waals surface area (Å²) in [6.07, 6.45) is -0.434. The Bertz CT molecular complexity index is 254. The summed E-state index contributed by atoms with van der Waals surface area (Å²) in [6.45, 7) is 5.69. The molecule has 0 aromatic heterocycles. The molecule has 0 rings (SSSR count). The number of ether oxygens (including phenoxy) is 3. The molecule has 0 aliphatic carbocycles. The van der Waals surface area contributed by atoms with E-state index >= 15 is 0 Å². The number of rotatable bonds is 7. The van der Waals surface area contributed by atoms with Crippen molar-refractivity contribution in [2.75, 3.05) is 20.8 Å². The molecule has 0 aromatic carbocycles. The first kappa shape index (κ1) is 16.1. The van der Waals surface area contributed by atoms with Crippen LogP contribution in [0.2, 0.25) is 0 Å². The zero-order valence-electron chi connectivity index (χ0n) is 11.2. The lowest BCUT2D eigenvalue weighted by Gasteiger charge is -2.20. The second-order valence-corrected chi connectivity index (χ2v) is 4.74. The standard InChI is InChI=1S/C12H22O5/c1-12(2,3)17-11(14)8-9(13)10(16-5)6-7-15-4/h10H,6-8H2,1-5H3/t10-/m0/s1. The molecule has 0 radical (unpaired) electrons. The minimum atomic E-state index is -0.609. The molecule has 100 valence electrons. The van der Waals surface area contributed by atoms with Gasteiger partial charge in [-0.1, -0.05) is 0 Å². The molecular weight excluding hydrogens is 224 g/mol. The Morgan fingerprint density at radius 3 is 2.18 bits per heavy atom. The number of hydrogen-bond donors (Lipinski definition) is 0. The second kappa shape index (κ2) is 7.40. The molecule has 0 aromatic rings. The van der Waals surface area contributed by atoms with E-state index in [9.17, 15) is 9.59 Å². The molecular formula is C12H22O5. The Morgan fingerprint density at radius 2 is 1.76 bits per heavy atom. The molecule has 5 heteroatoms. The first-order chi connectivity index (χ1) is 7.80. The van der Waals surface area contributed by atoms with E-state index in [-0.39, 0.29) is 12.2 Å². The van der Waals surface area contributed by atoms with Crippen LogP contribution in [0.4, 0.5) is 0 Å².